The van der Waals surface area contributed by atoms with Crippen LogP contribution in [-0.2, 0) is 107 Å². The second-order valence-corrected chi connectivity index (χ2v) is 91.7. The van der Waals surface area contributed by atoms with Crippen molar-refractivity contribution in [3.8, 4) is 0 Å². The van der Waals surface area contributed by atoms with E-state index < -0.39 is 151 Å². The van der Waals surface area contributed by atoms with Crippen molar-refractivity contribution in [2.75, 3.05) is 0 Å². The van der Waals surface area contributed by atoms with E-state index in [-0.39, 0.29) is 77.6 Å². The van der Waals surface area contributed by atoms with E-state index in [2.05, 4.69) is 0 Å². The summed E-state index contributed by atoms with van der Waals surface area (Å²) in [5, 5.41) is 0. The Morgan fingerprint density at radius 1 is 0.124 bits per heavy atom. The zero-order valence-corrected chi connectivity index (χ0v) is 83.8. The van der Waals surface area contributed by atoms with Crippen molar-refractivity contribution in [3.63, 3.8) is 0 Å². The second kappa shape index (κ2) is 29.6. The molecule has 0 spiro atoms. The van der Waals surface area contributed by atoms with Crippen LogP contribution in [0.25, 0.3) is 0 Å². The summed E-state index contributed by atoms with van der Waals surface area (Å²) in [6.45, 7) is 0. The third-order valence-corrected chi connectivity index (χ3v) is 112. The lowest BCUT2D eigenvalue weighted by atomic mass is 10.4. The molecule has 0 atom stereocenters. The van der Waals surface area contributed by atoms with Gasteiger partial charge in [0, 0.05) is 77.6 Å². The molecule has 2 radical (unpaired) electrons. The van der Waals surface area contributed by atoms with E-state index in [1.165, 1.54) is 0 Å². The Kier molecular flexibility index (Phi) is 20.7. The first-order chi connectivity index (χ1) is 55.2. The molecule has 113 heavy (non-hydrogen) atoms. The van der Waals surface area contributed by atoms with Crippen LogP contribution in [0, 0.1) is 0 Å². The highest BCUT2D eigenvalue weighted by Crippen LogP contribution is 2.71. The van der Waals surface area contributed by atoms with Crippen LogP contribution in [0.3, 0.4) is 0 Å². The molecule has 26 aliphatic rings. The van der Waals surface area contributed by atoms with Gasteiger partial charge in [-0.3, -0.25) is 0 Å². The van der Waals surface area contributed by atoms with Gasteiger partial charge >= 0.3 is 151 Å². The highest BCUT2D eigenvalue weighted by atomic mass is 28.7. The molecule has 43 heteroatoms. The van der Waals surface area contributed by atoms with Gasteiger partial charge in [-0.05, 0) is 180 Å². The van der Waals surface area contributed by atoms with Crippen molar-refractivity contribution in [2.45, 2.75) is 437 Å². The van der Waals surface area contributed by atoms with Gasteiger partial charge in [0.25, 0.3) is 0 Å². The van der Waals surface area contributed by atoms with Gasteiger partial charge in [0.2, 0.25) is 0 Å². The van der Waals surface area contributed by atoms with Crippen molar-refractivity contribution in [3.05, 3.63) is 0 Å². The number of hydrogen-bond donors (Lipinski definition) is 0. The van der Waals surface area contributed by atoms with Gasteiger partial charge in [-0.25, -0.2) is 0 Å². The van der Waals surface area contributed by atoms with E-state index in [0.717, 1.165) is 360 Å². The van der Waals surface area contributed by atoms with E-state index in [1.54, 1.807) is 0 Å². The zero-order chi connectivity index (χ0) is 74.8. The van der Waals surface area contributed by atoms with Gasteiger partial charge in [-0.15, -0.1) is 0 Å². The lowest BCUT2D eigenvalue weighted by molar-refractivity contribution is -0.0620. The fourth-order valence-electron chi connectivity index (χ4n) is 27.3. The molecule has 26 fully saturated rings. The molecule has 12 heterocycles. The molecule has 26 nitrogen and oxygen atoms in total. The molecule has 14 aliphatic carbocycles. The molecule has 0 aromatic rings. The summed E-state index contributed by atoms with van der Waals surface area (Å²) in [7, 11) is -72.6. The van der Waals surface area contributed by atoms with Crippen LogP contribution < -0.4 is 0 Å². The Morgan fingerprint density at radius 2 is 0.204 bits per heavy atom. The summed E-state index contributed by atoms with van der Waals surface area (Å²) in [6, 6.07) is 0. The molecule has 16 bridgehead atoms. The molecule has 12 aliphatic heterocycles. The van der Waals surface area contributed by atoms with E-state index >= 15 is 0 Å². The predicted molar refractivity (Wildman–Crippen MR) is 437 cm³/mol. The normalized spacial score (nSPS) is 51.2. The maximum atomic E-state index is 8.87. The van der Waals surface area contributed by atoms with Crippen LogP contribution >= 0.6 is 0 Å². The highest BCUT2D eigenvalue weighted by molar-refractivity contribution is 7.07. The Labute approximate surface area is 690 Å². The molecule has 0 aromatic carbocycles. The van der Waals surface area contributed by atoms with Crippen molar-refractivity contribution in [1.29, 1.82) is 0 Å². The molecule has 26 rings (SSSR count). The smallest absolute Gasteiger partial charge is 0.373 e. The second-order valence-electron chi connectivity index (χ2n) is 39.9. The van der Waals surface area contributed by atoms with Gasteiger partial charge in [0.1, 0.15) is 0 Å². The van der Waals surface area contributed by atoms with Crippen LogP contribution in [0.2, 0.25) is 77.6 Å². The van der Waals surface area contributed by atoms with Gasteiger partial charge in [0.15, 0.2) is 0 Å². The van der Waals surface area contributed by atoms with E-state index in [9.17, 15) is 0 Å². The summed E-state index contributed by atoms with van der Waals surface area (Å²) in [4.78, 5) is 0. The Morgan fingerprint density at radius 3 is 0.292 bits per heavy atom. The Balaban J connectivity index is 0.734. The van der Waals surface area contributed by atoms with E-state index in [0.29, 0.717) is 0 Å². The fourth-order valence-corrected chi connectivity index (χ4v) is 138. The SMILES string of the molecule is C1CCC([Si]23O[Si]4(O[Si]O[Si]56O[Si]7(C8CCCC8)O[Si]8(C9CCCC9)O[Si](C9CCCC9)(O5)O[Si]5(C9CCCC9)O[Si](C9CCCC9)(O6)O[Si](C6CCCC6)(O7)O[Si](C6CCCC6)(O8)O5)O[Si]5(C6CCCC6)O[Si](C6CCCC6)(O2)O[Si]2(C6CCCC6)O[Si](C6CCCC6)(O3)O[Si](C3CCCC3)(O4)O[Si](C3CCCC3)(O5)O2)C1. The third-order valence-electron chi connectivity index (χ3n) is 33.0. The molecule has 0 aromatic heterocycles. The molecule has 0 N–H and O–H groups in total. The van der Waals surface area contributed by atoms with Crippen LogP contribution in [0.15, 0.2) is 0 Å². The number of hydrogen-bond acceptors (Lipinski definition) is 26. The highest BCUT2D eigenvalue weighted by Gasteiger charge is 2.93. The largest absolute Gasteiger partial charge is 0.648 e. The quantitative estimate of drug-likeness (QED) is 0.116. The topological polar surface area (TPSA) is 240 Å². The molecule has 0 unspecified atom stereocenters. The summed E-state index contributed by atoms with van der Waals surface area (Å²) in [6.07, 6.45) is 51.8. The summed E-state index contributed by atoms with van der Waals surface area (Å²) in [5.74, 6) is 0. The van der Waals surface area contributed by atoms with Crippen molar-refractivity contribution in [1.82, 2.24) is 0 Å². The van der Waals surface area contributed by atoms with Gasteiger partial charge in [-0.1, -0.05) is 180 Å². The average Bonchev–Trinajstić information content (AvgIpc) is 1.66. The minimum absolute atomic E-state index is 0.0504. The molecule has 630 valence electrons. The van der Waals surface area contributed by atoms with Crippen LogP contribution in [-0.4, -0.2) is 151 Å². The minimum Gasteiger partial charge on any atom is -0.373 e. The lowest BCUT2D eigenvalue weighted by Gasteiger charge is -2.66. The minimum atomic E-state index is -5.20. The van der Waals surface area contributed by atoms with Crippen molar-refractivity contribution in [2.24, 2.45) is 0 Å². The van der Waals surface area contributed by atoms with E-state index in [4.69, 9.17) is 107 Å². The average molecular weight is 1860 g/mol. The molecule has 0 amide bonds. The lowest BCUT2D eigenvalue weighted by Crippen LogP contribution is -2.91. The first kappa shape index (κ1) is 79.1. The fraction of sp³-hybridized carbons (Fsp3) is 1.00. The van der Waals surface area contributed by atoms with E-state index in [1.807, 2.05) is 0 Å². The number of rotatable bonds is 18. The molecular formula is C70H126O26Si17. The molecule has 12 saturated heterocycles. The van der Waals surface area contributed by atoms with Gasteiger partial charge in [-0.2, -0.15) is 0 Å². The van der Waals surface area contributed by atoms with Gasteiger partial charge in [0.05, 0.1) is 0 Å². The van der Waals surface area contributed by atoms with Gasteiger partial charge < -0.3 is 107 Å². The predicted octanol–water partition coefficient (Wildman–Crippen LogP) is 18.3. The Bertz CT molecular complexity index is 2900. The van der Waals surface area contributed by atoms with Crippen LogP contribution in [0.1, 0.15) is 360 Å². The summed E-state index contributed by atoms with van der Waals surface area (Å²) < 4.78 is 229. The monoisotopic (exact) mass is 1860 g/mol. The third kappa shape index (κ3) is 12.8. The van der Waals surface area contributed by atoms with Crippen LogP contribution in [0.5, 0.6) is 0 Å². The maximum absolute atomic E-state index is 8.87. The standard InChI is InChI=1S/C70H126O26Si17/c1-2-30-57(29-1)98-73-100(59-33-5-6-34-59)79-106(65-45-17-18-46-65)81-101(74-98,60-35-7-8-36-60)83-108(67-49-21-22-50-67)84-102(75-98,61-37-9-10-38-61)82-107(80-100,66-47-19-20-48-66)92-112(91-106,93-108)71-97-72-113-94-109(68-51-23-24-52-68)85-103(62-39-11-12-40-62)76-99(58-31-3-4-32-58)77-104(87-109,63-41-13-14-42-63)89-111(96-113,70-55-27-28-56-70)90-105(78-99,64-43-15-16-44-64)88-110(86-103,95-113)69-53-25-26-54-69/h57-70H,1-56H2. The molecule has 14 saturated carbocycles. The Hall–Kier alpha value is 2.65. The maximum Gasteiger partial charge on any atom is 0.648 e. The van der Waals surface area contributed by atoms with Crippen molar-refractivity contribution < 1.29 is 107 Å². The first-order valence-corrected chi connectivity index (χ1v) is 76.4. The molecular weight excluding hydrogens is 1730 g/mol. The summed E-state index contributed by atoms with van der Waals surface area (Å²) >= 11 is 0. The summed E-state index contributed by atoms with van der Waals surface area (Å²) in [5.41, 5.74) is -2.10. The van der Waals surface area contributed by atoms with Crippen LogP contribution in [0.4, 0.5) is 0 Å². The first-order valence-electron chi connectivity index (χ1n) is 47.1. The van der Waals surface area contributed by atoms with Crippen molar-refractivity contribution >= 4 is 151 Å². The zero-order valence-electron chi connectivity index (χ0n) is 66.8.